The Hall–Kier alpha value is -2.56. The first-order valence-electron chi connectivity index (χ1n) is 11.3. The van der Waals surface area contributed by atoms with E-state index in [1.165, 1.54) is 11.1 Å². The summed E-state index contributed by atoms with van der Waals surface area (Å²) in [5.41, 5.74) is 6.02. The number of aliphatic hydroxyl groups is 1. The van der Waals surface area contributed by atoms with Gasteiger partial charge in [0, 0.05) is 18.9 Å². The Morgan fingerprint density at radius 1 is 0.871 bits per heavy atom. The molecule has 4 nitrogen and oxygen atoms in total. The Kier molecular flexibility index (Phi) is 6.22. The lowest BCUT2D eigenvalue weighted by molar-refractivity contribution is 0.0584. The number of hydrogen-bond donors (Lipinski definition) is 1. The molecule has 3 aromatic rings. The number of pyridine rings is 2. The van der Waals surface area contributed by atoms with Crippen molar-refractivity contribution in [3.05, 3.63) is 94.6 Å². The second-order valence-corrected chi connectivity index (χ2v) is 9.26. The number of hydrogen-bond acceptors (Lipinski definition) is 4. The van der Waals surface area contributed by atoms with E-state index in [0.29, 0.717) is 0 Å². The highest BCUT2D eigenvalue weighted by Crippen LogP contribution is 2.43. The van der Waals surface area contributed by atoms with Gasteiger partial charge >= 0.3 is 0 Å². The van der Waals surface area contributed by atoms with E-state index in [-0.39, 0.29) is 12.1 Å². The topological polar surface area (TPSA) is 49.2 Å². The molecular weight excluding hydrogens is 382 g/mol. The molecule has 2 aromatic heterocycles. The molecule has 162 valence electrons. The van der Waals surface area contributed by atoms with Gasteiger partial charge in [-0.2, -0.15) is 0 Å². The molecule has 0 aliphatic carbocycles. The fraction of sp³-hybridized carbons (Fsp3) is 0.407. The van der Waals surface area contributed by atoms with Crippen LogP contribution in [0.4, 0.5) is 0 Å². The van der Waals surface area contributed by atoms with Crippen LogP contribution in [-0.2, 0) is 12.1 Å². The van der Waals surface area contributed by atoms with Gasteiger partial charge in [-0.25, -0.2) is 0 Å². The van der Waals surface area contributed by atoms with Crippen LogP contribution >= 0.6 is 0 Å². The Morgan fingerprint density at radius 3 is 1.94 bits per heavy atom. The molecule has 0 bridgehead atoms. The normalized spacial score (nSPS) is 20.0. The Balaban J connectivity index is 1.81. The van der Waals surface area contributed by atoms with Gasteiger partial charge in [-0.05, 0) is 81.3 Å². The molecule has 1 fully saturated rings. The lowest BCUT2D eigenvalue weighted by Crippen LogP contribution is -2.38. The quantitative estimate of drug-likeness (QED) is 0.573. The van der Waals surface area contributed by atoms with E-state index < -0.39 is 5.60 Å². The molecule has 1 aromatic carbocycles. The maximum Gasteiger partial charge on any atom is 0.0843 e. The summed E-state index contributed by atoms with van der Waals surface area (Å²) < 4.78 is 0. The van der Waals surface area contributed by atoms with Gasteiger partial charge in [-0.3, -0.25) is 14.9 Å². The molecule has 0 spiro atoms. The van der Waals surface area contributed by atoms with Crippen molar-refractivity contribution in [2.75, 3.05) is 0 Å². The van der Waals surface area contributed by atoms with E-state index in [4.69, 9.17) is 9.97 Å². The summed E-state index contributed by atoms with van der Waals surface area (Å²) in [5, 5.41) is 10.8. The van der Waals surface area contributed by atoms with Crippen LogP contribution in [0.2, 0.25) is 0 Å². The van der Waals surface area contributed by atoms with Crippen molar-refractivity contribution in [2.45, 2.75) is 71.2 Å². The summed E-state index contributed by atoms with van der Waals surface area (Å²) in [5.74, 6) is 0. The van der Waals surface area contributed by atoms with Crippen molar-refractivity contribution in [2.24, 2.45) is 0 Å². The molecule has 0 saturated carbocycles. The van der Waals surface area contributed by atoms with E-state index in [2.05, 4.69) is 43.0 Å². The lowest BCUT2D eigenvalue weighted by Gasteiger charge is -2.43. The van der Waals surface area contributed by atoms with Gasteiger partial charge in [-0.1, -0.05) is 36.4 Å². The van der Waals surface area contributed by atoms with Crippen molar-refractivity contribution in [3.8, 4) is 0 Å². The average Bonchev–Trinajstić information content (AvgIpc) is 2.75. The third-order valence-electron chi connectivity index (χ3n) is 6.52. The number of benzene rings is 1. The zero-order valence-corrected chi connectivity index (χ0v) is 19.0. The van der Waals surface area contributed by atoms with Gasteiger partial charge < -0.3 is 5.11 Å². The number of piperidine rings is 1. The Bertz CT molecular complexity index is 987. The monoisotopic (exact) mass is 415 g/mol. The smallest absolute Gasteiger partial charge is 0.0843 e. The maximum absolute atomic E-state index is 10.8. The van der Waals surface area contributed by atoms with Crippen molar-refractivity contribution in [1.29, 1.82) is 0 Å². The first-order valence-corrected chi connectivity index (χ1v) is 11.3. The number of aryl methyl sites for hydroxylation is 2. The van der Waals surface area contributed by atoms with Crippen LogP contribution in [0.1, 0.15) is 78.8 Å². The minimum atomic E-state index is -0.890. The fourth-order valence-corrected chi connectivity index (χ4v) is 5.01. The third-order valence-corrected chi connectivity index (χ3v) is 6.52. The molecule has 4 heteroatoms. The standard InChI is InChI=1S/C27H33N3O/c1-19-10-8-16-28-25(19)23-14-7-15-24(26-20(2)11-9-17-29-26)30(23)18-21-12-5-6-13-22(21)27(3,4)31/h5-6,8-13,16-17,23-24,31H,7,14-15,18H2,1-4H3/t23-,24+. The molecule has 0 radical (unpaired) electrons. The number of likely N-dealkylation sites (tertiary alicyclic amines) is 1. The summed E-state index contributed by atoms with van der Waals surface area (Å²) in [6, 6.07) is 17.0. The van der Waals surface area contributed by atoms with Crippen molar-refractivity contribution in [3.63, 3.8) is 0 Å². The van der Waals surface area contributed by atoms with E-state index in [1.807, 2.05) is 50.5 Å². The van der Waals surface area contributed by atoms with Gasteiger partial charge in [0.15, 0.2) is 0 Å². The van der Waals surface area contributed by atoms with Crippen LogP contribution < -0.4 is 0 Å². The third kappa shape index (κ3) is 4.56. The van der Waals surface area contributed by atoms with Crippen molar-refractivity contribution in [1.82, 2.24) is 14.9 Å². The highest BCUT2D eigenvalue weighted by molar-refractivity contribution is 5.33. The largest absolute Gasteiger partial charge is 0.386 e. The molecule has 31 heavy (non-hydrogen) atoms. The van der Waals surface area contributed by atoms with Crippen LogP contribution in [0.25, 0.3) is 0 Å². The van der Waals surface area contributed by atoms with E-state index >= 15 is 0 Å². The van der Waals surface area contributed by atoms with Crippen LogP contribution in [0.15, 0.2) is 60.9 Å². The van der Waals surface area contributed by atoms with E-state index in [1.54, 1.807) is 0 Å². The summed E-state index contributed by atoms with van der Waals surface area (Å²) in [7, 11) is 0. The van der Waals surface area contributed by atoms with Gasteiger partial charge in [0.25, 0.3) is 0 Å². The maximum atomic E-state index is 10.8. The lowest BCUT2D eigenvalue weighted by atomic mass is 9.87. The minimum Gasteiger partial charge on any atom is -0.386 e. The van der Waals surface area contributed by atoms with Crippen molar-refractivity contribution >= 4 is 0 Å². The SMILES string of the molecule is Cc1cccnc1[C@H]1CCC[C@@H](c2ncccc2C)N1Cc1ccccc1C(C)(C)O. The van der Waals surface area contributed by atoms with Crippen LogP contribution in [-0.4, -0.2) is 20.0 Å². The second-order valence-electron chi connectivity index (χ2n) is 9.26. The highest BCUT2D eigenvalue weighted by Gasteiger charge is 2.36. The predicted octanol–water partition coefficient (Wildman–Crippen LogP) is 5.79. The first kappa shape index (κ1) is 21.7. The highest BCUT2D eigenvalue weighted by atomic mass is 16.3. The molecule has 2 atom stereocenters. The van der Waals surface area contributed by atoms with Gasteiger partial charge in [0.2, 0.25) is 0 Å². The van der Waals surface area contributed by atoms with Crippen LogP contribution in [0, 0.1) is 13.8 Å². The molecule has 1 saturated heterocycles. The molecule has 1 aliphatic rings. The Morgan fingerprint density at radius 2 is 1.42 bits per heavy atom. The summed E-state index contributed by atoms with van der Waals surface area (Å²) >= 11 is 0. The fourth-order valence-electron chi connectivity index (χ4n) is 5.01. The average molecular weight is 416 g/mol. The first-order chi connectivity index (χ1) is 14.9. The van der Waals surface area contributed by atoms with Gasteiger partial charge in [0.05, 0.1) is 29.1 Å². The number of rotatable bonds is 5. The van der Waals surface area contributed by atoms with Crippen LogP contribution in [0.5, 0.6) is 0 Å². The number of aromatic nitrogens is 2. The van der Waals surface area contributed by atoms with Crippen LogP contribution in [0.3, 0.4) is 0 Å². The summed E-state index contributed by atoms with van der Waals surface area (Å²) in [6.07, 6.45) is 7.10. The van der Waals surface area contributed by atoms with Gasteiger partial charge in [0.1, 0.15) is 0 Å². The predicted molar refractivity (Wildman–Crippen MR) is 125 cm³/mol. The molecular formula is C27H33N3O. The molecule has 3 heterocycles. The molecule has 1 aliphatic heterocycles. The summed E-state index contributed by atoms with van der Waals surface area (Å²) in [6.45, 7) is 8.79. The zero-order chi connectivity index (χ0) is 22.0. The molecule has 0 unspecified atom stereocenters. The number of nitrogens with zero attached hydrogens (tertiary/aromatic N) is 3. The molecule has 4 rings (SSSR count). The second kappa shape index (κ2) is 8.89. The Labute approximate surface area is 186 Å². The summed E-state index contributed by atoms with van der Waals surface area (Å²) in [4.78, 5) is 12.2. The van der Waals surface area contributed by atoms with Crippen molar-refractivity contribution < 1.29 is 5.11 Å². The zero-order valence-electron chi connectivity index (χ0n) is 19.0. The molecule has 1 N–H and O–H groups in total. The van der Waals surface area contributed by atoms with E-state index in [9.17, 15) is 5.11 Å². The van der Waals surface area contributed by atoms with Gasteiger partial charge in [-0.15, -0.1) is 0 Å². The minimum absolute atomic E-state index is 0.219. The van der Waals surface area contributed by atoms with E-state index in [0.717, 1.165) is 48.3 Å². The molecule has 0 amide bonds.